The first-order valence-corrected chi connectivity index (χ1v) is 10.9. The van der Waals surface area contributed by atoms with E-state index in [-0.39, 0.29) is 17.9 Å². The van der Waals surface area contributed by atoms with Gasteiger partial charge in [-0.2, -0.15) is 0 Å². The van der Waals surface area contributed by atoms with Crippen LogP contribution in [-0.4, -0.2) is 20.2 Å². The molecule has 2 aromatic heterocycles. The van der Waals surface area contributed by atoms with Gasteiger partial charge in [-0.1, -0.05) is 43.2 Å². The summed E-state index contributed by atoms with van der Waals surface area (Å²) in [5, 5.41) is 6.08. The number of nitrogens with two attached hydrogens (primary N) is 1. The third-order valence-corrected chi connectivity index (χ3v) is 6.18. The van der Waals surface area contributed by atoms with Gasteiger partial charge in [-0.15, -0.1) is 11.3 Å². The van der Waals surface area contributed by atoms with Gasteiger partial charge < -0.3 is 11.1 Å². The van der Waals surface area contributed by atoms with Crippen molar-refractivity contribution in [3.05, 3.63) is 62.1 Å². The number of hydrogen-bond acceptors (Lipinski definition) is 6. The number of hydrogen-bond donors (Lipinski definition) is 2. The lowest BCUT2D eigenvalue weighted by Gasteiger charge is -2.15. The number of anilines is 2. The molecule has 0 spiro atoms. The summed E-state index contributed by atoms with van der Waals surface area (Å²) >= 11 is 1.46. The summed E-state index contributed by atoms with van der Waals surface area (Å²) < 4.78 is 2.68. The fourth-order valence-electron chi connectivity index (χ4n) is 3.85. The van der Waals surface area contributed by atoms with Gasteiger partial charge in [0.15, 0.2) is 5.13 Å². The van der Waals surface area contributed by atoms with Crippen molar-refractivity contribution >= 4 is 22.3 Å². The summed E-state index contributed by atoms with van der Waals surface area (Å²) in [6.45, 7) is 2.36. The Bertz CT molecular complexity index is 1110. The first-order valence-electron chi connectivity index (χ1n) is 9.98. The average molecular weight is 412 g/mol. The van der Waals surface area contributed by atoms with E-state index in [0.29, 0.717) is 18.3 Å². The molecule has 3 aromatic rings. The number of nitrogens with zero attached hydrogens (tertiary/aromatic N) is 3. The molecule has 1 saturated carbocycles. The third-order valence-electron chi connectivity index (χ3n) is 5.41. The van der Waals surface area contributed by atoms with Crippen LogP contribution in [0.2, 0.25) is 0 Å². The molecule has 3 N–H and O–H groups in total. The van der Waals surface area contributed by atoms with E-state index in [2.05, 4.69) is 10.3 Å². The van der Waals surface area contributed by atoms with Gasteiger partial charge in [0.2, 0.25) is 0 Å². The van der Waals surface area contributed by atoms with E-state index in [1.165, 1.54) is 33.3 Å². The van der Waals surface area contributed by atoms with Crippen LogP contribution in [0.3, 0.4) is 0 Å². The number of aromatic nitrogens is 3. The lowest BCUT2D eigenvalue weighted by molar-refractivity contribution is 0.606. The number of thiazole rings is 1. The van der Waals surface area contributed by atoms with Crippen LogP contribution in [-0.2, 0) is 13.1 Å². The molecule has 0 atom stereocenters. The van der Waals surface area contributed by atoms with Crippen LogP contribution in [0.5, 0.6) is 0 Å². The third kappa shape index (κ3) is 3.85. The molecule has 0 saturated heterocycles. The maximum Gasteiger partial charge on any atom is 0.332 e. The van der Waals surface area contributed by atoms with E-state index in [0.717, 1.165) is 23.5 Å². The maximum absolute atomic E-state index is 13.0. The number of nitrogen functional groups attached to an aromatic ring is 1. The summed E-state index contributed by atoms with van der Waals surface area (Å²) in [6, 6.07) is 10.0. The molecule has 2 heterocycles. The molecule has 4 rings (SSSR count). The molecular formula is C21H25N5O2S. The average Bonchev–Trinajstić information content (AvgIpc) is 3.39. The molecule has 1 aromatic carbocycles. The molecule has 1 fully saturated rings. The van der Waals surface area contributed by atoms with Crippen molar-refractivity contribution in [3.8, 4) is 11.3 Å². The zero-order chi connectivity index (χ0) is 20.4. The van der Waals surface area contributed by atoms with Crippen molar-refractivity contribution < 1.29 is 0 Å². The minimum Gasteiger partial charge on any atom is -0.384 e. The second-order valence-corrected chi connectivity index (χ2v) is 8.19. The summed E-state index contributed by atoms with van der Waals surface area (Å²) in [6.07, 6.45) is 4.74. The Kier molecular flexibility index (Phi) is 5.53. The van der Waals surface area contributed by atoms with Crippen LogP contribution in [0.1, 0.15) is 38.2 Å². The quantitative estimate of drug-likeness (QED) is 0.650. The molecule has 7 nitrogen and oxygen atoms in total. The van der Waals surface area contributed by atoms with Gasteiger partial charge in [-0.05, 0) is 25.3 Å². The van der Waals surface area contributed by atoms with Gasteiger partial charge in [0.1, 0.15) is 11.4 Å². The van der Waals surface area contributed by atoms with Crippen molar-refractivity contribution in [1.29, 1.82) is 0 Å². The summed E-state index contributed by atoms with van der Waals surface area (Å²) in [7, 11) is 0. The van der Waals surface area contributed by atoms with Crippen molar-refractivity contribution in [3.63, 3.8) is 0 Å². The van der Waals surface area contributed by atoms with Crippen LogP contribution in [0.4, 0.5) is 10.9 Å². The van der Waals surface area contributed by atoms with Gasteiger partial charge in [0.05, 0.1) is 12.2 Å². The molecule has 1 aliphatic carbocycles. The fraction of sp³-hybridized carbons (Fsp3) is 0.381. The van der Waals surface area contributed by atoms with E-state index in [9.17, 15) is 9.59 Å². The lowest BCUT2D eigenvalue weighted by Crippen LogP contribution is -2.41. The predicted octanol–water partition coefficient (Wildman–Crippen LogP) is 3.14. The minimum absolute atomic E-state index is 0.159. The maximum atomic E-state index is 13.0. The van der Waals surface area contributed by atoms with Crippen LogP contribution in [0.15, 0.2) is 45.3 Å². The predicted molar refractivity (Wildman–Crippen MR) is 118 cm³/mol. The molecule has 0 amide bonds. The molecular weight excluding hydrogens is 386 g/mol. The highest BCUT2D eigenvalue weighted by Gasteiger charge is 2.21. The molecule has 0 unspecified atom stereocenters. The van der Waals surface area contributed by atoms with Gasteiger partial charge >= 0.3 is 5.69 Å². The first-order chi connectivity index (χ1) is 14.1. The second kappa shape index (κ2) is 8.24. The van der Waals surface area contributed by atoms with Gasteiger partial charge in [-0.25, -0.2) is 9.78 Å². The summed E-state index contributed by atoms with van der Waals surface area (Å²) in [5.74, 6) is 0.159. The number of benzene rings is 1. The SMILES string of the molecule is CCn1c(=O)c(-c2csc(NC3CCCC3)n2)c(N)n(Cc2ccccc2)c1=O. The summed E-state index contributed by atoms with van der Waals surface area (Å²) in [5.41, 5.74) is 7.31. The smallest absolute Gasteiger partial charge is 0.332 e. The Morgan fingerprint density at radius 1 is 1.17 bits per heavy atom. The van der Waals surface area contributed by atoms with E-state index < -0.39 is 11.2 Å². The van der Waals surface area contributed by atoms with E-state index in [1.54, 1.807) is 6.92 Å². The van der Waals surface area contributed by atoms with Crippen LogP contribution in [0.25, 0.3) is 11.3 Å². The Morgan fingerprint density at radius 2 is 1.90 bits per heavy atom. The normalized spacial score (nSPS) is 14.4. The topological polar surface area (TPSA) is 94.9 Å². The van der Waals surface area contributed by atoms with Crippen LogP contribution >= 0.6 is 11.3 Å². The van der Waals surface area contributed by atoms with Gasteiger partial charge in [-0.3, -0.25) is 13.9 Å². The van der Waals surface area contributed by atoms with Crippen molar-refractivity contribution in [2.75, 3.05) is 11.1 Å². The highest BCUT2D eigenvalue weighted by atomic mass is 32.1. The Balaban J connectivity index is 1.76. The highest BCUT2D eigenvalue weighted by molar-refractivity contribution is 7.14. The van der Waals surface area contributed by atoms with Crippen LogP contribution in [0, 0.1) is 0 Å². The lowest BCUT2D eigenvalue weighted by atomic mass is 10.2. The molecule has 0 aliphatic heterocycles. The van der Waals surface area contributed by atoms with Gasteiger partial charge in [0, 0.05) is 18.0 Å². The second-order valence-electron chi connectivity index (χ2n) is 7.33. The molecule has 0 bridgehead atoms. The Hall–Kier alpha value is -2.87. The first kappa shape index (κ1) is 19.4. The monoisotopic (exact) mass is 411 g/mol. The molecule has 29 heavy (non-hydrogen) atoms. The van der Waals surface area contributed by atoms with Crippen molar-refractivity contribution in [2.24, 2.45) is 0 Å². The molecule has 8 heteroatoms. The van der Waals surface area contributed by atoms with Crippen LogP contribution < -0.4 is 22.3 Å². The van der Waals surface area contributed by atoms with Gasteiger partial charge in [0.25, 0.3) is 5.56 Å². The zero-order valence-electron chi connectivity index (χ0n) is 16.4. The molecule has 0 radical (unpaired) electrons. The van der Waals surface area contributed by atoms with E-state index in [4.69, 9.17) is 5.73 Å². The molecule has 152 valence electrons. The van der Waals surface area contributed by atoms with Crippen molar-refractivity contribution in [1.82, 2.24) is 14.1 Å². The van der Waals surface area contributed by atoms with E-state index >= 15 is 0 Å². The largest absolute Gasteiger partial charge is 0.384 e. The van der Waals surface area contributed by atoms with E-state index in [1.807, 2.05) is 35.7 Å². The zero-order valence-corrected chi connectivity index (χ0v) is 17.2. The fourth-order valence-corrected chi connectivity index (χ4v) is 4.63. The highest BCUT2D eigenvalue weighted by Crippen LogP contribution is 2.29. The summed E-state index contributed by atoms with van der Waals surface area (Å²) in [4.78, 5) is 30.5. The number of rotatable bonds is 6. The minimum atomic E-state index is -0.401. The van der Waals surface area contributed by atoms with Crippen molar-refractivity contribution in [2.45, 2.75) is 51.7 Å². The molecule has 1 aliphatic rings. The number of nitrogens with one attached hydrogen (secondary N) is 1. The standard InChI is InChI=1S/C21H25N5O2S/c1-2-25-19(27)17(16-13-29-20(24-16)23-15-10-6-7-11-15)18(22)26(21(25)28)12-14-8-4-3-5-9-14/h3-5,8-9,13,15H,2,6-7,10-12,22H2,1H3,(H,23,24). The Labute approximate surface area is 172 Å². The Morgan fingerprint density at radius 3 is 2.59 bits per heavy atom.